The van der Waals surface area contributed by atoms with Gasteiger partial charge in [0, 0.05) is 17.8 Å². The Labute approximate surface area is 175 Å². The molecule has 0 saturated heterocycles. The van der Waals surface area contributed by atoms with E-state index in [1.54, 1.807) is 13.2 Å². The van der Waals surface area contributed by atoms with E-state index in [0.717, 1.165) is 29.0 Å². The fourth-order valence-corrected chi connectivity index (χ4v) is 3.68. The number of ether oxygens (including phenoxy) is 1. The molecule has 29 heavy (non-hydrogen) atoms. The van der Waals surface area contributed by atoms with Crippen molar-refractivity contribution in [3.8, 4) is 17.1 Å². The van der Waals surface area contributed by atoms with E-state index in [-0.39, 0.29) is 11.7 Å². The third-order valence-corrected chi connectivity index (χ3v) is 5.33. The average Bonchev–Trinajstić information content (AvgIpc) is 3.15. The molecule has 0 aliphatic carbocycles. The van der Waals surface area contributed by atoms with Crippen molar-refractivity contribution in [3.05, 3.63) is 66.7 Å². The number of allylic oxidation sites excluding steroid dienone is 1. The molecule has 1 N–H and O–H groups in total. The molecule has 6 nitrogen and oxygen atoms in total. The van der Waals surface area contributed by atoms with Crippen LogP contribution < -0.4 is 10.1 Å². The van der Waals surface area contributed by atoms with Crippen molar-refractivity contribution in [1.82, 2.24) is 14.8 Å². The first-order chi connectivity index (χ1) is 14.2. The molecule has 150 valence electrons. The van der Waals surface area contributed by atoms with Gasteiger partial charge in [-0.15, -0.1) is 16.8 Å². The Bertz CT molecular complexity index is 1000. The largest absolute Gasteiger partial charge is 0.497 e. The van der Waals surface area contributed by atoms with E-state index in [2.05, 4.69) is 29.0 Å². The predicted molar refractivity (Wildman–Crippen MR) is 117 cm³/mol. The van der Waals surface area contributed by atoms with Crippen molar-refractivity contribution in [1.29, 1.82) is 0 Å². The number of thioether (sulfide) groups is 1. The summed E-state index contributed by atoms with van der Waals surface area (Å²) in [7, 11) is 1.63. The minimum Gasteiger partial charge on any atom is -0.497 e. The van der Waals surface area contributed by atoms with Crippen molar-refractivity contribution in [2.24, 2.45) is 0 Å². The Kier molecular flexibility index (Phi) is 7.08. The summed E-state index contributed by atoms with van der Waals surface area (Å²) in [6.45, 7) is 6.44. The lowest BCUT2D eigenvalue weighted by atomic mass is 10.1. The SMILES string of the molecule is C=CCn1c(SCC(=O)Nc2ccccc2CC)nnc1-c1cccc(OC)c1. The second-order valence-electron chi connectivity index (χ2n) is 6.28. The number of nitrogens with one attached hydrogen (secondary N) is 1. The van der Waals surface area contributed by atoms with E-state index < -0.39 is 0 Å². The summed E-state index contributed by atoms with van der Waals surface area (Å²) in [5, 5.41) is 12.3. The summed E-state index contributed by atoms with van der Waals surface area (Å²) in [6.07, 6.45) is 2.65. The van der Waals surface area contributed by atoms with E-state index >= 15 is 0 Å². The van der Waals surface area contributed by atoms with Crippen LogP contribution >= 0.6 is 11.8 Å². The van der Waals surface area contributed by atoms with Crippen LogP contribution in [0.4, 0.5) is 5.69 Å². The number of hydrogen-bond acceptors (Lipinski definition) is 5. The number of rotatable bonds is 9. The summed E-state index contributed by atoms with van der Waals surface area (Å²) >= 11 is 1.35. The van der Waals surface area contributed by atoms with Crippen LogP contribution in [-0.4, -0.2) is 33.5 Å². The third-order valence-electron chi connectivity index (χ3n) is 4.36. The van der Waals surface area contributed by atoms with Crippen LogP contribution in [0.25, 0.3) is 11.4 Å². The van der Waals surface area contributed by atoms with E-state index in [4.69, 9.17) is 4.74 Å². The molecule has 3 aromatic rings. The van der Waals surface area contributed by atoms with Gasteiger partial charge in [-0.3, -0.25) is 9.36 Å². The van der Waals surface area contributed by atoms with Gasteiger partial charge in [-0.1, -0.05) is 55.1 Å². The topological polar surface area (TPSA) is 69.0 Å². The first-order valence-corrected chi connectivity index (χ1v) is 10.3. The predicted octanol–water partition coefficient (Wildman–Crippen LogP) is 4.43. The molecule has 1 heterocycles. The molecule has 0 radical (unpaired) electrons. The fraction of sp³-hybridized carbons (Fsp3) is 0.227. The fourth-order valence-electron chi connectivity index (χ4n) is 2.93. The number of aryl methyl sites for hydroxylation is 1. The van der Waals surface area contributed by atoms with Crippen LogP contribution in [0, 0.1) is 0 Å². The molecule has 2 aromatic carbocycles. The van der Waals surface area contributed by atoms with Crippen molar-refractivity contribution in [2.75, 3.05) is 18.2 Å². The molecule has 0 bridgehead atoms. The molecule has 0 fully saturated rings. The maximum atomic E-state index is 12.5. The number of carbonyl (C=O) groups is 1. The van der Waals surface area contributed by atoms with E-state index in [1.165, 1.54) is 11.8 Å². The molecule has 1 aromatic heterocycles. The molecular weight excluding hydrogens is 384 g/mol. The lowest BCUT2D eigenvalue weighted by Crippen LogP contribution is -2.15. The second-order valence-corrected chi connectivity index (χ2v) is 7.23. The lowest BCUT2D eigenvalue weighted by Gasteiger charge is -2.10. The molecule has 0 aliphatic heterocycles. The summed E-state index contributed by atoms with van der Waals surface area (Å²) in [5.74, 6) is 1.62. The van der Waals surface area contributed by atoms with Gasteiger partial charge in [0.15, 0.2) is 11.0 Å². The van der Waals surface area contributed by atoms with Crippen LogP contribution in [0.2, 0.25) is 0 Å². The Morgan fingerprint density at radius 1 is 1.24 bits per heavy atom. The van der Waals surface area contributed by atoms with Gasteiger partial charge >= 0.3 is 0 Å². The molecule has 3 rings (SSSR count). The van der Waals surface area contributed by atoms with E-state index in [1.807, 2.05) is 53.1 Å². The Morgan fingerprint density at radius 2 is 2.07 bits per heavy atom. The van der Waals surface area contributed by atoms with Gasteiger partial charge in [0.25, 0.3) is 0 Å². The van der Waals surface area contributed by atoms with Gasteiger partial charge in [0.05, 0.1) is 12.9 Å². The number of carbonyl (C=O) groups excluding carboxylic acids is 1. The summed E-state index contributed by atoms with van der Waals surface area (Å²) in [6, 6.07) is 15.5. The van der Waals surface area contributed by atoms with Crippen LogP contribution in [0.5, 0.6) is 5.75 Å². The Morgan fingerprint density at radius 3 is 2.83 bits per heavy atom. The number of aromatic nitrogens is 3. The van der Waals surface area contributed by atoms with Gasteiger partial charge in [0.2, 0.25) is 5.91 Å². The molecular formula is C22H24N4O2S. The van der Waals surface area contributed by atoms with Crippen molar-refractivity contribution in [3.63, 3.8) is 0 Å². The minimum atomic E-state index is -0.0769. The minimum absolute atomic E-state index is 0.0769. The van der Waals surface area contributed by atoms with Crippen LogP contribution in [-0.2, 0) is 17.8 Å². The number of nitrogens with zero attached hydrogens (tertiary/aromatic N) is 3. The number of methoxy groups -OCH3 is 1. The summed E-state index contributed by atoms with van der Waals surface area (Å²) in [5.41, 5.74) is 2.86. The quantitative estimate of drug-likeness (QED) is 0.419. The highest BCUT2D eigenvalue weighted by atomic mass is 32.2. The van der Waals surface area contributed by atoms with Crippen LogP contribution in [0.15, 0.2) is 66.3 Å². The Hall–Kier alpha value is -3.06. The zero-order chi connectivity index (χ0) is 20.6. The number of para-hydroxylation sites is 1. The zero-order valence-electron chi connectivity index (χ0n) is 16.6. The van der Waals surface area contributed by atoms with Crippen LogP contribution in [0.3, 0.4) is 0 Å². The van der Waals surface area contributed by atoms with Gasteiger partial charge < -0.3 is 10.1 Å². The van der Waals surface area contributed by atoms with Crippen molar-refractivity contribution >= 4 is 23.4 Å². The van der Waals surface area contributed by atoms with Gasteiger partial charge in [-0.2, -0.15) is 0 Å². The van der Waals surface area contributed by atoms with Crippen LogP contribution in [0.1, 0.15) is 12.5 Å². The van der Waals surface area contributed by atoms with Gasteiger partial charge in [0.1, 0.15) is 5.75 Å². The molecule has 0 unspecified atom stereocenters. The standard InChI is InChI=1S/C22H24N4O2S/c1-4-13-26-21(17-10-8-11-18(14-17)28-3)24-25-22(26)29-15-20(27)23-19-12-7-6-9-16(19)5-2/h4,6-12,14H,1,5,13,15H2,2-3H3,(H,23,27). The maximum Gasteiger partial charge on any atom is 0.234 e. The number of amides is 1. The third kappa shape index (κ3) is 5.06. The van der Waals surface area contributed by atoms with E-state index in [0.29, 0.717) is 17.5 Å². The lowest BCUT2D eigenvalue weighted by molar-refractivity contribution is -0.113. The number of benzene rings is 2. The highest BCUT2D eigenvalue weighted by molar-refractivity contribution is 7.99. The maximum absolute atomic E-state index is 12.5. The highest BCUT2D eigenvalue weighted by Crippen LogP contribution is 2.27. The summed E-state index contributed by atoms with van der Waals surface area (Å²) in [4.78, 5) is 12.5. The summed E-state index contributed by atoms with van der Waals surface area (Å²) < 4.78 is 7.25. The second kappa shape index (κ2) is 9.93. The first kappa shape index (κ1) is 20.7. The normalized spacial score (nSPS) is 10.6. The van der Waals surface area contributed by atoms with Crippen molar-refractivity contribution < 1.29 is 9.53 Å². The average molecular weight is 409 g/mol. The van der Waals surface area contributed by atoms with Crippen molar-refractivity contribution in [2.45, 2.75) is 25.0 Å². The molecule has 1 amide bonds. The van der Waals surface area contributed by atoms with Gasteiger partial charge in [-0.25, -0.2) is 0 Å². The van der Waals surface area contributed by atoms with Gasteiger partial charge in [-0.05, 0) is 30.2 Å². The smallest absolute Gasteiger partial charge is 0.234 e. The number of anilines is 1. The highest BCUT2D eigenvalue weighted by Gasteiger charge is 2.16. The molecule has 7 heteroatoms. The molecule has 0 aliphatic rings. The zero-order valence-corrected chi connectivity index (χ0v) is 17.4. The Balaban J connectivity index is 1.74. The first-order valence-electron chi connectivity index (χ1n) is 9.35. The monoisotopic (exact) mass is 408 g/mol. The number of hydrogen-bond donors (Lipinski definition) is 1. The van der Waals surface area contributed by atoms with E-state index in [9.17, 15) is 4.79 Å². The molecule has 0 saturated carbocycles. The molecule has 0 spiro atoms. The molecule has 0 atom stereocenters.